The summed E-state index contributed by atoms with van der Waals surface area (Å²) in [6.07, 6.45) is -0.579. The zero-order valence-electron chi connectivity index (χ0n) is 18.5. The first-order valence-electron chi connectivity index (χ1n) is 10.2. The van der Waals surface area contributed by atoms with Crippen LogP contribution in [-0.4, -0.2) is 58.6 Å². The van der Waals surface area contributed by atoms with Gasteiger partial charge in [0.25, 0.3) is 5.91 Å². The summed E-state index contributed by atoms with van der Waals surface area (Å²) in [5.41, 5.74) is 5.88. The van der Waals surface area contributed by atoms with Crippen molar-refractivity contribution < 1.29 is 19.5 Å². The van der Waals surface area contributed by atoms with Crippen LogP contribution in [-0.2, 0) is 9.59 Å². The molecule has 168 valence electrons. The van der Waals surface area contributed by atoms with Crippen LogP contribution in [0.25, 0.3) is 10.4 Å². The van der Waals surface area contributed by atoms with Gasteiger partial charge in [-0.25, -0.2) is 4.98 Å². The van der Waals surface area contributed by atoms with E-state index in [1.165, 1.54) is 4.90 Å². The number of β-amino-alcohol motifs (C(OH)–C–C–N with tert-alkyl or cyclic N) is 1. The third-order valence-corrected chi connectivity index (χ3v) is 6.38. The highest BCUT2D eigenvalue weighted by molar-refractivity contribution is 7.13. The van der Waals surface area contributed by atoms with Gasteiger partial charge < -0.3 is 20.2 Å². The molecule has 3 N–H and O–H groups in total. The molecule has 1 fully saturated rings. The van der Waals surface area contributed by atoms with Crippen molar-refractivity contribution in [3.05, 3.63) is 35.5 Å². The van der Waals surface area contributed by atoms with Crippen LogP contribution in [0.1, 0.15) is 32.9 Å². The predicted molar refractivity (Wildman–Crippen MR) is 119 cm³/mol. The summed E-state index contributed by atoms with van der Waals surface area (Å²) in [5.74, 6) is -0.203. The number of likely N-dealkylation sites (tertiary alicyclic amines) is 1. The summed E-state index contributed by atoms with van der Waals surface area (Å²) in [5, 5.41) is 13.1. The lowest BCUT2D eigenvalue weighted by Crippen LogP contribution is -2.56. The Morgan fingerprint density at radius 3 is 2.52 bits per heavy atom. The number of aryl methyl sites for hydroxylation is 1. The second-order valence-corrected chi connectivity index (χ2v) is 9.70. The van der Waals surface area contributed by atoms with Crippen LogP contribution in [0.5, 0.6) is 5.75 Å². The van der Waals surface area contributed by atoms with Crippen molar-refractivity contribution >= 4 is 23.2 Å². The van der Waals surface area contributed by atoms with Crippen molar-refractivity contribution in [3.63, 3.8) is 0 Å². The Balaban J connectivity index is 1.65. The van der Waals surface area contributed by atoms with E-state index >= 15 is 0 Å². The maximum Gasteiger partial charge on any atom is 0.275 e. The maximum absolute atomic E-state index is 13.1. The van der Waals surface area contributed by atoms with E-state index in [9.17, 15) is 14.7 Å². The predicted octanol–water partition coefficient (Wildman–Crippen LogP) is 2.12. The zero-order valence-corrected chi connectivity index (χ0v) is 19.3. The van der Waals surface area contributed by atoms with Gasteiger partial charge in [0.2, 0.25) is 5.91 Å². The van der Waals surface area contributed by atoms with Crippen molar-refractivity contribution in [2.45, 2.75) is 52.3 Å². The van der Waals surface area contributed by atoms with Gasteiger partial charge in [-0.2, -0.15) is 5.48 Å². The third kappa shape index (κ3) is 5.23. The van der Waals surface area contributed by atoms with Crippen LogP contribution in [0.15, 0.2) is 29.8 Å². The summed E-state index contributed by atoms with van der Waals surface area (Å²) in [6, 6.07) is 6.06. The number of rotatable bonds is 6. The molecule has 1 saturated heterocycles. The first kappa shape index (κ1) is 23.2. The average molecular weight is 447 g/mol. The number of nitrogens with zero attached hydrogens (tertiary/aromatic N) is 2. The van der Waals surface area contributed by atoms with Crippen LogP contribution in [0.3, 0.4) is 0 Å². The standard InChI is InChI=1S/C22H30N4O4S/c1-13-18(31-12-24-13)14-6-8-16(9-7-14)30-25-20(28)17-10-15(27)11-26(17)21(29)19(23-5)22(2,3)4/h6-9,12,15,17,19,23,27H,10-11H2,1-5H3,(H,25,28). The topological polar surface area (TPSA) is 104 Å². The number of nitrogens with one attached hydrogen (secondary N) is 2. The molecule has 1 aromatic carbocycles. The molecule has 1 aliphatic rings. The minimum Gasteiger partial charge on any atom is -0.391 e. The molecule has 0 saturated carbocycles. The van der Waals surface area contributed by atoms with Gasteiger partial charge in [-0.05, 0) is 49.2 Å². The van der Waals surface area contributed by atoms with Crippen molar-refractivity contribution in [2.75, 3.05) is 13.6 Å². The highest BCUT2D eigenvalue weighted by atomic mass is 32.1. The molecule has 2 aromatic rings. The quantitative estimate of drug-likeness (QED) is 0.588. The number of benzene rings is 1. The fourth-order valence-corrected chi connectivity index (χ4v) is 4.64. The first-order valence-corrected chi connectivity index (χ1v) is 11.1. The number of likely N-dealkylation sites (N-methyl/N-ethyl adjacent to an activating group) is 1. The normalized spacial score (nSPS) is 19.9. The number of aliphatic hydroxyl groups is 1. The molecule has 3 atom stereocenters. The number of amides is 2. The van der Waals surface area contributed by atoms with E-state index in [1.54, 1.807) is 36.0 Å². The van der Waals surface area contributed by atoms with E-state index in [4.69, 9.17) is 4.84 Å². The number of carbonyl (C=O) groups excluding carboxylic acids is 2. The van der Waals surface area contributed by atoms with E-state index in [1.807, 2.05) is 39.8 Å². The van der Waals surface area contributed by atoms with Crippen LogP contribution >= 0.6 is 11.3 Å². The lowest BCUT2D eigenvalue weighted by atomic mass is 9.86. The fraction of sp³-hybridized carbons (Fsp3) is 0.500. The Morgan fingerprint density at radius 1 is 1.29 bits per heavy atom. The van der Waals surface area contributed by atoms with Crippen LogP contribution in [0, 0.1) is 12.3 Å². The van der Waals surface area contributed by atoms with Crippen LogP contribution in [0.4, 0.5) is 0 Å². The van der Waals surface area contributed by atoms with Crippen LogP contribution in [0.2, 0.25) is 0 Å². The summed E-state index contributed by atoms with van der Waals surface area (Å²) in [4.78, 5) is 38.1. The zero-order chi connectivity index (χ0) is 22.8. The minimum absolute atomic E-state index is 0.119. The molecule has 2 heterocycles. The molecular weight excluding hydrogens is 416 g/mol. The lowest BCUT2D eigenvalue weighted by Gasteiger charge is -2.34. The Hall–Kier alpha value is -2.49. The molecule has 2 amide bonds. The smallest absolute Gasteiger partial charge is 0.275 e. The molecule has 1 aliphatic heterocycles. The number of aliphatic hydroxyl groups excluding tert-OH is 1. The molecule has 0 spiro atoms. The molecule has 3 unspecified atom stereocenters. The van der Waals surface area contributed by atoms with E-state index in [2.05, 4.69) is 15.8 Å². The van der Waals surface area contributed by atoms with Gasteiger partial charge in [-0.15, -0.1) is 11.3 Å². The van der Waals surface area contributed by atoms with Gasteiger partial charge in [0.15, 0.2) is 5.75 Å². The highest BCUT2D eigenvalue weighted by Crippen LogP contribution is 2.29. The fourth-order valence-electron chi connectivity index (χ4n) is 3.83. The molecule has 0 aliphatic carbocycles. The number of hydrogen-bond donors (Lipinski definition) is 3. The number of carbonyl (C=O) groups is 2. The van der Waals surface area contributed by atoms with Gasteiger partial charge in [-0.3, -0.25) is 9.59 Å². The van der Waals surface area contributed by atoms with Gasteiger partial charge in [0.05, 0.1) is 28.2 Å². The number of hydrogen-bond acceptors (Lipinski definition) is 7. The number of aromatic nitrogens is 1. The monoisotopic (exact) mass is 446 g/mol. The molecule has 8 nitrogen and oxygen atoms in total. The van der Waals surface area contributed by atoms with Crippen molar-refractivity contribution in [3.8, 4) is 16.2 Å². The highest BCUT2D eigenvalue weighted by Gasteiger charge is 2.43. The van der Waals surface area contributed by atoms with Crippen molar-refractivity contribution in [2.24, 2.45) is 5.41 Å². The average Bonchev–Trinajstić information content (AvgIpc) is 3.31. The van der Waals surface area contributed by atoms with Gasteiger partial charge >= 0.3 is 0 Å². The minimum atomic E-state index is -0.792. The molecule has 3 rings (SSSR count). The van der Waals surface area contributed by atoms with E-state index < -0.39 is 24.1 Å². The van der Waals surface area contributed by atoms with E-state index in [-0.39, 0.29) is 24.3 Å². The Bertz CT molecular complexity index is 922. The Labute approximate surface area is 186 Å². The number of thiazole rings is 1. The van der Waals surface area contributed by atoms with E-state index in [0.717, 1.165) is 16.1 Å². The SMILES string of the molecule is CNC(C(=O)N1CC(O)CC1C(=O)NOc1ccc(-c2scnc2C)cc1)C(C)(C)C. The first-order chi connectivity index (χ1) is 14.6. The molecule has 9 heteroatoms. The maximum atomic E-state index is 13.1. The largest absolute Gasteiger partial charge is 0.391 e. The second kappa shape index (κ2) is 9.33. The van der Waals surface area contributed by atoms with Crippen LogP contribution < -0.4 is 15.6 Å². The lowest BCUT2D eigenvalue weighted by molar-refractivity contribution is -0.144. The molecule has 1 aromatic heterocycles. The second-order valence-electron chi connectivity index (χ2n) is 8.84. The van der Waals surface area contributed by atoms with Crippen molar-refractivity contribution in [1.29, 1.82) is 0 Å². The number of hydroxylamine groups is 1. The summed E-state index contributed by atoms with van der Waals surface area (Å²) >= 11 is 1.56. The molecule has 0 bridgehead atoms. The summed E-state index contributed by atoms with van der Waals surface area (Å²) in [6.45, 7) is 7.93. The third-order valence-electron chi connectivity index (χ3n) is 5.40. The van der Waals surface area contributed by atoms with E-state index in [0.29, 0.717) is 5.75 Å². The summed E-state index contributed by atoms with van der Waals surface area (Å²) < 4.78 is 0. The molecule has 31 heavy (non-hydrogen) atoms. The summed E-state index contributed by atoms with van der Waals surface area (Å²) in [7, 11) is 1.72. The molecule has 0 radical (unpaired) electrons. The Kier molecular flexibility index (Phi) is 6.98. The van der Waals surface area contributed by atoms with Gasteiger partial charge in [-0.1, -0.05) is 20.8 Å². The van der Waals surface area contributed by atoms with Gasteiger partial charge in [0, 0.05) is 13.0 Å². The Morgan fingerprint density at radius 2 is 1.97 bits per heavy atom. The van der Waals surface area contributed by atoms with Crippen molar-refractivity contribution in [1.82, 2.24) is 20.7 Å². The molecular formula is C22H30N4O4S. The van der Waals surface area contributed by atoms with Gasteiger partial charge in [0.1, 0.15) is 6.04 Å².